The van der Waals surface area contributed by atoms with Gasteiger partial charge in [0, 0.05) is 35.1 Å². The van der Waals surface area contributed by atoms with Crippen molar-refractivity contribution in [1.82, 2.24) is 9.88 Å². The Morgan fingerprint density at radius 2 is 1.75 bits per heavy atom. The molecule has 0 spiro atoms. The van der Waals surface area contributed by atoms with E-state index in [1.54, 1.807) is 6.07 Å². The van der Waals surface area contributed by atoms with Crippen LogP contribution in [-0.2, 0) is 11.3 Å². The molecule has 5 rings (SSSR count). The lowest BCUT2D eigenvalue weighted by Gasteiger charge is -2.27. The summed E-state index contributed by atoms with van der Waals surface area (Å²) in [6.07, 6.45) is 3.49. The minimum Gasteiger partial charge on any atom is -0.462 e. The number of benzene rings is 3. The summed E-state index contributed by atoms with van der Waals surface area (Å²) in [4.78, 5) is 26.6. The van der Waals surface area contributed by atoms with Crippen molar-refractivity contribution in [2.45, 2.75) is 58.2 Å². The molecular weight excluding hydrogens is 502 g/mol. The van der Waals surface area contributed by atoms with Gasteiger partial charge in [-0.05, 0) is 72.2 Å². The Morgan fingerprint density at radius 1 is 1.00 bits per heavy atom. The van der Waals surface area contributed by atoms with E-state index in [1.807, 2.05) is 73.0 Å². The first-order chi connectivity index (χ1) is 19.2. The standard InChI is InChI=1S/C32H37N5O3/c1-19(2)18-40-32(39)23-13-20-5-3-4-6-27(20)24(14-23)17-37-28-16-22(30(34)35)8-7-21(28)15-29(37)31(38)36-26-11-9-25(33)10-12-26/h3-8,13-16,19,25-26H,9-12,17-18,33H2,1-2H3,(H3,34,35)(H,36,38)/t25-,26-. The molecule has 1 aliphatic rings. The molecule has 208 valence electrons. The van der Waals surface area contributed by atoms with Crippen molar-refractivity contribution in [2.75, 3.05) is 6.61 Å². The minimum absolute atomic E-state index is 0.0421. The van der Waals surface area contributed by atoms with E-state index in [0.29, 0.717) is 30.0 Å². The second kappa shape index (κ2) is 11.5. The number of esters is 1. The Morgan fingerprint density at radius 3 is 2.48 bits per heavy atom. The van der Waals surface area contributed by atoms with Crippen LogP contribution in [-0.4, -0.2) is 41.0 Å². The fourth-order valence-corrected chi connectivity index (χ4v) is 5.44. The molecule has 3 aromatic carbocycles. The lowest BCUT2D eigenvalue weighted by molar-refractivity contribution is 0.0459. The summed E-state index contributed by atoms with van der Waals surface area (Å²) in [5, 5.41) is 14.0. The largest absolute Gasteiger partial charge is 0.462 e. The van der Waals surface area contributed by atoms with Gasteiger partial charge in [0.05, 0.1) is 12.2 Å². The maximum absolute atomic E-state index is 13.7. The van der Waals surface area contributed by atoms with Crippen LogP contribution in [0.15, 0.2) is 60.7 Å². The number of fused-ring (bicyclic) bond motifs is 2. The second-order valence-corrected chi connectivity index (χ2v) is 11.2. The first-order valence-electron chi connectivity index (χ1n) is 13.9. The van der Waals surface area contributed by atoms with E-state index in [0.717, 1.165) is 52.9 Å². The van der Waals surface area contributed by atoms with Crippen molar-refractivity contribution < 1.29 is 14.3 Å². The molecule has 1 aromatic heterocycles. The predicted octanol–water partition coefficient (Wildman–Crippen LogP) is 4.94. The van der Waals surface area contributed by atoms with Gasteiger partial charge in [-0.15, -0.1) is 0 Å². The zero-order valence-corrected chi connectivity index (χ0v) is 23.1. The van der Waals surface area contributed by atoms with E-state index in [-0.39, 0.29) is 35.7 Å². The van der Waals surface area contributed by atoms with Crippen LogP contribution in [0.5, 0.6) is 0 Å². The molecule has 0 radical (unpaired) electrons. The van der Waals surface area contributed by atoms with Crippen LogP contribution in [0, 0.1) is 11.3 Å². The number of hydrogen-bond donors (Lipinski definition) is 4. The van der Waals surface area contributed by atoms with Crippen molar-refractivity contribution in [2.24, 2.45) is 17.4 Å². The molecule has 8 heteroatoms. The number of amidine groups is 1. The Bertz CT molecular complexity index is 1580. The van der Waals surface area contributed by atoms with E-state index in [9.17, 15) is 9.59 Å². The molecule has 1 saturated carbocycles. The van der Waals surface area contributed by atoms with Crippen molar-refractivity contribution in [3.8, 4) is 0 Å². The highest BCUT2D eigenvalue weighted by Gasteiger charge is 2.24. The summed E-state index contributed by atoms with van der Waals surface area (Å²) < 4.78 is 7.49. The number of nitrogen functional groups attached to an aromatic ring is 1. The van der Waals surface area contributed by atoms with Gasteiger partial charge in [-0.3, -0.25) is 10.2 Å². The van der Waals surface area contributed by atoms with Gasteiger partial charge in [0.2, 0.25) is 0 Å². The summed E-state index contributed by atoms with van der Waals surface area (Å²) in [6.45, 7) is 4.68. The van der Waals surface area contributed by atoms with Crippen molar-refractivity contribution in [3.63, 3.8) is 0 Å². The van der Waals surface area contributed by atoms with Crippen molar-refractivity contribution >= 4 is 39.4 Å². The van der Waals surface area contributed by atoms with E-state index >= 15 is 0 Å². The van der Waals surface area contributed by atoms with Crippen LogP contribution in [0.2, 0.25) is 0 Å². The minimum atomic E-state index is -0.370. The topological polar surface area (TPSA) is 136 Å². The van der Waals surface area contributed by atoms with Gasteiger partial charge in [-0.25, -0.2) is 4.79 Å². The number of rotatable bonds is 8. The summed E-state index contributed by atoms with van der Waals surface area (Å²) in [5.74, 6) is -0.339. The third-order valence-corrected chi connectivity index (χ3v) is 7.61. The molecule has 40 heavy (non-hydrogen) atoms. The predicted molar refractivity (Wildman–Crippen MR) is 159 cm³/mol. The normalized spacial score (nSPS) is 17.3. The molecule has 0 unspecified atom stereocenters. The van der Waals surface area contributed by atoms with Gasteiger partial charge < -0.3 is 26.1 Å². The number of ether oxygens (including phenoxy) is 1. The average molecular weight is 540 g/mol. The Hall–Kier alpha value is -4.17. The van der Waals surface area contributed by atoms with Crippen LogP contribution in [0.25, 0.3) is 21.7 Å². The molecule has 0 saturated heterocycles. The zero-order valence-electron chi connectivity index (χ0n) is 23.1. The molecule has 8 nitrogen and oxygen atoms in total. The van der Waals surface area contributed by atoms with Gasteiger partial charge in [0.1, 0.15) is 11.5 Å². The first kappa shape index (κ1) is 27.4. The average Bonchev–Trinajstić information content (AvgIpc) is 3.30. The molecule has 1 amide bonds. The number of aromatic nitrogens is 1. The molecule has 1 fully saturated rings. The van der Waals surface area contributed by atoms with Gasteiger partial charge >= 0.3 is 5.97 Å². The lowest BCUT2D eigenvalue weighted by atomic mass is 9.92. The number of carbonyl (C=O) groups is 2. The Balaban J connectivity index is 1.58. The third-order valence-electron chi connectivity index (χ3n) is 7.61. The van der Waals surface area contributed by atoms with Gasteiger partial charge in [0.25, 0.3) is 5.91 Å². The molecule has 1 aliphatic carbocycles. The SMILES string of the molecule is CC(C)COC(=O)c1cc(Cn2c(C(=O)N[C@H]3CC[C@H](N)CC3)cc3ccc(C(=N)N)cc32)c2ccccc2c1. The first-order valence-corrected chi connectivity index (χ1v) is 13.9. The third kappa shape index (κ3) is 5.87. The van der Waals surface area contributed by atoms with Gasteiger partial charge in [-0.1, -0.05) is 50.2 Å². The van der Waals surface area contributed by atoms with Gasteiger partial charge in [-0.2, -0.15) is 0 Å². The molecule has 1 heterocycles. The van der Waals surface area contributed by atoms with Crippen LogP contribution in [0.1, 0.15) is 71.5 Å². The van der Waals surface area contributed by atoms with Crippen LogP contribution in [0.3, 0.4) is 0 Å². The monoisotopic (exact) mass is 539 g/mol. The Kier molecular flexibility index (Phi) is 7.89. The lowest BCUT2D eigenvalue weighted by Crippen LogP contribution is -2.41. The summed E-state index contributed by atoms with van der Waals surface area (Å²) >= 11 is 0. The van der Waals surface area contributed by atoms with Crippen molar-refractivity contribution in [1.29, 1.82) is 5.41 Å². The number of carbonyl (C=O) groups excluding carboxylic acids is 2. The van der Waals surface area contributed by atoms with Crippen LogP contribution < -0.4 is 16.8 Å². The molecule has 6 N–H and O–H groups in total. The molecule has 4 aromatic rings. The molecular formula is C32H37N5O3. The zero-order chi connectivity index (χ0) is 28.4. The molecule has 0 bridgehead atoms. The maximum atomic E-state index is 13.7. The number of nitrogens with one attached hydrogen (secondary N) is 2. The van der Waals surface area contributed by atoms with E-state index < -0.39 is 0 Å². The number of amides is 1. The summed E-state index contributed by atoms with van der Waals surface area (Å²) in [5.41, 5.74) is 15.1. The highest BCUT2D eigenvalue weighted by atomic mass is 16.5. The van der Waals surface area contributed by atoms with Crippen LogP contribution in [0.4, 0.5) is 0 Å². The fraction of sp³-hybridized carbons (Fsp3) is 0.344. The fourth-order valence-electron chi connectivity index (χ4n) is 5.44. The van der Waals surface area contributed by atoms with Gasteiger partial charge in [0.15, 0.2) is 0 Å². The smallest absolute Gasteiger partial charge is 0.338 e. The van der Waals surface area contributed by atoms with E-state index in [1.165, 1.54) is 0 Å². The highest BCUT2D eigenvalue weighted by Crippen LogP contribution is 2.28. The summed E-state index contributed by atoms with van der Waals surface area (Å²) in [7, 11) is 0. The number of nitrogens with two attached hydrogens (primary N) is 2. The highest BCUT2D eigenvalue weighted by molar-refractivity contribution is 6.03. The number of hydrogen-bond acceptors (Lipinski definition) is 5. The summed E-state index contributed by atoms with van der Waals surface area (Å²) in [6, 6.07) is 19.3. The Labute approximate surface area is 234 Å². The van der Waals surface area contributed by atoms with Crippen molar-refractivity contribution in [3.05, 3.63) is 83.0 Å². The quantitative estimate of drug-likeness (QED) is 0.143. The van der Waals surface area contributed by atoms with E-state index in [2.05, 4.69) is 5.32 Å². The second-order valence-electron chi connectivity index (χ2n) is 11.2. The number of nitrogens with zero attached hydrogens (tertiary/aromatic N) is 1. The van der Waals surface area contributed by atoms with E-state index in [4.69, 9.17) is 21.6 Å². The maximum Gasteiger partial charge on any atom is 0.338 e. The molecule has 0 atom stereocenters. The van der Waals surface area contributed by atoms with Crippen LogP contribution >= 0.6 is 0 Å². The molecule has 0 aliphatic heterocycles.